The molecule has 0 aromatic heterocycles. The highest BCUT2D eigenvalue weighted by Gasteiger charge is 2.18. The lowest BCUT2D eigenvalue weighted by molar-refractivity contribution is 0.313. The van der Waals surface area contributed by atoms with Crippen LogP contribution in [-0.4, -0.2) is 6.54 Å². The average Bonchev–Trinajstić information content (AvgIpc) is 2.64. The average molecular weight is 371 g/mol. The summed E-state index contributed by atoms with van der Waals surface area (Å²) in [6, 6.07) is 7.95. The van der Waals surface area contributed by atoms with Crippen molar-refractivity contribution in [3.63, 3.8) is 0 Å². The van der Waals surface area contributed by atoms with Crippen LogP contribution in [0.2, 0.25) is 0 Å². The molecule has 0 spiro atoms. The quantitative estimate of drug-likeness (QED) is 0.733. The topological polar surface area (TPSA) is 78.1 Å². The van der Waals surface area contributed by atoms with Gasteiger partial charge in [0, 0.05) is 35.5 Å². The van der Waals surface area contributed by atoms with Gasteiger partial charge in [0.25, 0.3) is 0 Å². The molecule has 0 atom stereocenters. The second kappa shape index (κ2) is 7.90. The summed E-state index contributed by atoms with van der Waals surface area (Å²) in [5.41, 5.74) is 4.93. The minimum atomic E-state index is 0.0472. The number of allylic oxidation sites excluding steroid dienone is 8. The molecule has 0 bridgehead atoms. The third kappa shape index (κ3) is 3.84. The Bertz CT molecular complexity index is 1050. The van der Waals surface area contributed by atoms with Crippen molar-refractivity contribution in [2.24, 2.45) is 0 Å². The Morgan fingerprint density at radius 1 is 1.07 bits per heavy atom. The molecule has 5 nitrogen and oxygen atoms in total. The normalized spacial score (nSPS) is 16.4. The number of anilines is 1. The number of rotatable bonds is 3. The molecule has 1 N–H and O–H groups in total. The molecule has 1 aromatic rings. The van der Waals surface area contributed by atoms with Gasteiger partial charge in [-0.2, -0.15) is 10.5 Å². The summed E-state index contributed by atoms with van der Waals surface area (Å²) in [5.74, 6) is 2.53. The molecule has 0 saturated heterocycles. The number of fused-ring (bicyclic) bond motifs is 1. The van der Waals surface area contributed by atoms with E-state index in [1.54, 1.807) is 25.2 Å². The van der Waals surface area contributed by atoms with Gasteiger partial charge in [-0.1, -0.05) is 0 Å². The Morgan fingerprint density at radius 2 is 1.82 bits per heavy atom. The lowest BCUT2D eigenvalue weighted by atomic mass is 9.99. The second-order valence-corrected chi connectivity index (χ2v) is 6.63. The SMILES string of the molecule is CCNc1cc2c(cc1C)C(C)=C/C(=C\C1=CC(=C(C#N)C#N)C=C(C)O1)O2. The number of ether oxygens (including phenoxy) is 2. The number of nitriles is 2. The summed E-state index contributed by atoms with van der Waals surface area (Å²) in [6.07, 6.45) is 7.06. The van der Waals surface area contributed by atoms with E-state index in [1.807, 2.05) is 31.2 Å². The van der Waals surface area contributed by atoms with Crippen LogP contribution >= 0.6 is 0 Å². The smallest absolute Gasteiger partial charge is 0.137 e. The van der Waals surface area contributed by atoms with Crippen molar-refractivity contribution in [1.82, 2.24) is 0 Å². The van der Waals surface area contributed by atoms with Crippen LogP contribution in [0.15, 0.2) is 64.9 Å². The molecule has 0 fully saturated rings. The summed E-state index contributed by atoms with van der Waals surface area (Å²) in [4.78, 5) is 0. The van der Waals surface area contributed by atoms with E-state index in [9.17, 15) is 0 Å². The molecule has 2 aliphatic rings. The van der Waals surface area contributed by atoms with Crippen molar-refractivity contribution in [1.29, 1.82) is 10.5 Å². The van der Waals surface area contributed by atoms with E-state index >= 15 is 0 Å². The molecule has 0 unspecified atom stereocenters. The van der Waals surface area contributed by atoms with Crippen LogP contribution < -0.4 is 10.1 Å². The van der Waals surface area contributed by atoms with Gasteiger partial charge in [-0.15, -0.1) is 0 Å². The van der Waals surface area contributed by atoms with Crippen LogP contribution in [-0.2, 0) is 4.74 Å². The highest BCUT2D eigenvalue weighted by atomic mass is 16.5. The summed E-state index contributed by atoms with van der Waals surface area (Å²) in [5, 5.41) is 21.6. The maximum atomic E-state index is 9.12. The van der Waals surface area contributed by atoms with Crippen LogP contribution in [0.5, 0.6) is 5.75 Å². The molecule has 3 rings (SSSR count). The van der Waals surface area contributed by atoms with E-state index in [0.717, 1.165) is 29.1 Å². The van der Waals surface area contributed by atoms with Crippen molar-refractivity contribution in [3.05, 3.63) is 76.0 Å². The Balaban J connectivity index is 1.99. The Hall–Kier alpha value is -3.70. The van der Waals surface area contributed by atoms with Gasteiger partial charge in [0.15, 0.2) is 0 Å². The van der Waals surface area contributed by atoms with Crippen LogP contribution in [0.25, 0.3) is 5.57 Å². The third-order valence-corrected chi connectivity index (χ3v) is 4.44. The van der Waals surface area contributed by atoms with E-state index < -0.39 is 0 Å². The summed E-state index contributed by atoms with van der Waals surface area (Å²) in [7, 11) is 0. The Labute approximate surface area is 165 Å². The zero-order valence-electron chi connectivity index (χ0n) is 16.4. The van der Waals surface area contributed by atoms with Crippen LogP contribution in [0.4, 0.5) is 5.69 Å². The van der Waals surface area contributed by atoms with Crippen LogP contribution in [0.1, 0.15) is 31.9 Å². The van der Waals surface area contributed by atoms with Crippen LogP contribution in [0.3, 0.4) is 0 Å². The highest BCUT2D eigenvalue weighted by Crippen LogP contribution is 2.37. The predicted molar refractivity (Wildman–Crippen MR) is 109 cm³/mol. The largest absolute Gasteiger partial charge is 0.462 e. The molecule has 1 aromatic carbocycles. The molecule has 140 valence electrons. The van der Waals surface area contributed by atoms with Gasteiger partial charge < -0.3 is 14.8 Å². The number of hydrogen-bond acceptors (Lipinski definition) is 5. The maximum absolute atomic E-state index is 9.12. The molecule has 0 saturated carbocycles. The van der Waals surface area contributed by atoms with E-state index in [2.05, 4.69) is 25.2 Å². The van der Waals surface area contributed by atoms with Gasteiger partial charge in [0.05, 0.1) is 0 Å². The standard InChI is InChI=1S/C23H21N3O2/c1-5-26-22-11-23-21(7-15(22)3)14(2)6-19(28-23)10-20-9-17(8-16(4)27-20)18(12-24)13-25/h6-11,26H,5H2,1-4H3/b19-10+. The van der Waals surface area contributed by atoms with Crippen molar-refractivity contribution in [2.75, 3.05) is 11.9 Å². The van der Waals surface area contributed by atoms with Gasteiger partial charge in [0.1, 0.15) is 40.7 Å². The molecular weight excluding hydrogens is 350 g/mol. The van der Waals surface area contributed by atoms with Crippen molar-refractivity contribution in [2.45, 2.75) is 27.7 Å². The molecule has 5 heteroatoms. The lowest BCUT2D eigenvalue weighted by Crippen LogP contribution is -2.07. The lowest BCUT2D eigenvalue weighted by Gasteiger charge is -2.22. The summed E-state index contributed by atoms with van der Waals surface area (Å²) in [6.45, 7) is 8.78. The number of nitrogens with one attached hydrogen (secondary N) is 1. The fraction of sp³-hybridized carbons (Fsp3) is 0.217. The molecule has 28 heavy (non-hydrogen) atoms. The van der Waals surface area contributed by atoms with Gasteiger partial charge in [-0.25, -0.2) is 0 Å². The van der Waals surface area contributed by atoms with Crippen molar-refractivity contribution < 1.29 is 9.47 Å². The van der Waals surface area contributed by atoms with Crippen LogP contribution in [0, 0.1) is 29.6 Å². The van der Waals surface area contributed by atoms with E-state index in [-0.39, 0.29) is 5.57 Å². The van der Waals surface area contributed by atoms with Gasteiger partial charge >= 0.3 is 0 Å². The maximum Gasteiger partial charge on any atom is 0.137 e. The zero-order valence-corrected chi connectivity index (χ0v) is 16.4. The molecule has 2 heterocycles. The summed E-state index contributed by atoms with van der Waals surface area (Å²) >= 11 is 0. The van der Waals surface area contributed by atoms with E-state index in [4.69, 9.17) is 20.0 Å². The van der Waals surface area contributed by atoms with E-state index in [1.165, 1.54) is 5.56 Å². The minimum absolute atomic E-state index is 0.0472. The van der Waals surface area contributed by atoms with E-state index in [0.29, 0.717) is 22.9 Å². The first kappa shape index (κ1) is 19.1. The van der Waals surface area contributed by atoms with Gasteiger partial charge in [-0.05, 0) is 63.1 Å². The number of aryl methyl sites for hydroxylation is 1. The van der Waals surface area contributed by atoms with Gasteiger partial charge in [-0.3, -0.25) is 0 Å². The minimum Gasteiger partial charge on any atom is -0.462 e. The fourth-order valence-corrected chi connectivity index (χ4v) is 3.15. The molecule has 0 amide bonds. The van der Waals surface area contributed by atoms with Crippen molar-refractivity contribution >= 4 is 11.3 Å². The Morgan fingerprint density at radius 3 is 2.50 bits per heavy atom. The zero-order chi connectivity index (χ0) is 20.3. The van der Waals surface area contributed by atoms with Crippen molar-refractivity contribution in [3.8, 4) is 17.9 Å². The molecule has 2 aliphatic heterocycles. The monoisotopic (exact) mass is 371 g/mol. The third-order valence-electron chi connectivity index (χ3n) is 4.44. The first-order chi connectivity index (χ1) is 13.4. The van der Waals surface area contributed by atoms with Gasteiger partial charge in [0.2, 0.25) is 0 Å². The Kier molecular flexibility index (Phi) is 5.38. The highest BCUT2D eigenvalue weighted by molar-refractivity contribution is 5.77. The summed E-state index contributed by atoms with van der Waals surface area (Å²) < 4.78 is 11.8. The number of hydrogen-bond donors (Lipinski definition) is 1. The molecule has 0 aliphatic carbocycles. The number of nitrogens with zero attached hydrogens (tertiary/aromatic N) is 2. The fourth-order valence-electron chi connectivity index (χ4n) is 3.15. The molecule has 0 radical (unpaired) electrons. The number of benzene rings is 1. The second-order valence-electron chi connectivity index (χ2n) is 6.63. The molecular formula is C23H21N3O2. The first-order valence-electron chi connectivity index (χ1n) is 9.04. The first-order valence-corrected chi connectivity index (χ1v) is 9.04. The predicted octanol–water partition coefficient (Wildman–Crippen LogP) is 5.27.